The molecule has 0 saturated carbocycles. The fourth-order valence-electron chi connectivity index (χ4n) is 2.91. The normalized spacial score (nSPS) is 11.6. The van der Waals surface area contributed by atoms with E-state index in [9.17, 15) is 13.2 Å². The van der Waals surface area contributed by atoms with Crippen molar-refractivity contribution in [1.82, 2.24) is 9.72 Å². The second kappa shape index (κ2) is 7.14. The van der Waals surface area contributed by atoms with E-state index in [0.717, 1.165) is 0 Å². The number of benzene rings is 2. The van der Waals surface area contributed by atoms with Crippen molar-refractivity contribution in [3.05, 3.63) is 72.1 Å². The first-order chi connectivity index (χ1) is 13.4. The third-order valence-corrected chi connectivity index (χ3v) is 6.23. The zero-order valence-corrected chi connectivity index (χ0v) is 15.9. The lowest BCUT2D eigenvalue weighted by Crippen LogP contribution is -2.18. The Hall–Kier alpha value is -3.10. The van der Waals surface area contributed by atoms with E-state index < -0.39 is 9.84 Å². The fourth-order valence-corrected chi connectivity index (χ4v) is 4.52. The Bertz CT molecular complexity index is 1250. The first-order valence-corrected chi connectivity index (χ1v) is 10.1. The van der Waals surface area contributed by atoms with Crippen LogP contribution in [-0.2, 0) is 21.2 Å². The van der Waals surface area contributed by atoms with Crippen molar-refractivity contribution in [2.45, 2.75) is 16.3 Å². The number of halogens is 1. The molecule has 0 spiro atoms. The van der Waals surface area contributed by atoms with Crippen LogP contribution in [0.1, 0.15) is 0 Å². The van der Waals surface area contributed by atoms with E-state index in [-0.39, 0.29) is 28.1 Å². The van der Waals surface area contributed by atoms with Gasteiger partial charge in [0.15, 0.2) is 5.82 Å². The van der Waals surface area contributed by atoms with Gasteiger partial charge in [-0.3, -0.25) is 4.79 Å². The third kappa shape index (κ3) is 3.39. The van der Waals surface area contributed by atoms with Gasteiger partial charge < -0.3 is 14.4 Å². The number of amides is 1. The van der Waals surface area contributed by atoms with Gasteiger partial charge >= 0.3 is 0 Å². The second-order valence-electron chi connectivity index (χ2n) is 6.03. The summed E-state index contributed by atoms with van der Waals surface area (Å²) >= 11 is 5.87. The number of para-hydroxylation sites is 1. The summed E-state index contributed by atoms with van der Waals surface area (Å²) in [6.07, 6.45) is 2.81. The molecule has 4 rings (SSSR count). The molecule has 0 atom stereocenters. The number of hydrogen-bond donors (Lipinski definition) is 1. The number of rotatable bonds is 5. The number of nitrogens with one attached hydrogen (secondary N) is 1. The van der Waals surface area contributed by atoms with Crippen LogP contribution in [0.3, 0.4) is 0 Å². The zero-order valence-electron chi connectivity index (χ0n) is 14.4. The highest BCUT2D eigenvalue weighted by atomic mass is 35.5. The van der Waals surface area contributed by atoms with Gasteiger partial charge in [-0.15, -0.1) is 0 Å². The molecule has 0 unspecified atom stereocenters. The molecular formula is C19H14ClN3O4S. The second-order valence-corrected chi connectivity index (χ2v) is 8.38. The molecule has 2 aromatic carbocycles. The van der Waals surface area contributed by atoms with Gasteiger partial charge in [0.2, 0.25) is 15.7 Å². The van der Waals surface area contributed by atoms with Gasteiger partial charge in [-0.25, -0.2) is 8.42 Å². The third-order valence-electron chi connectivity index (χ3n) is 4.18. The average Bonchev–Trinajstić information content (AvgIpc) is 3.31. The Morgan fingerprint density at radius 3 is 2.57 bits per heavy atom. The predicted molar refractivity (Wildman–Crippen MR) is 104 cm³/mol. The molecule has 2 aromatic heterocycles. The molecule has 0 radical (unpaired) electrons. The van der Waals surface area contributed by atoms with Crippen molar-refractivity contribution in [2.75, 3.05) is 5.32 Å². The number of hydrogen-bond acceptors (Lipinski definition) is 5. The van der Waals surface area contributed by atoms with Gasteiger partial charge in [0, 0.05) is 28.2 Å². The van der Waals surface area contributed by atoms with Gasteiger partial charge in [0.05, 0.1) is 9.79 Å². The van der Waals surface area contributed by atoms with E-state index in [1.165, 1.54) is 42.8 Å². The molecule has 4 aromatic rings. The minimum absolute atomic E-state index is 0.0799. The van der Waals surface area contributed by atoms with Crippen LogP contribution in [0, 0.1) is 0 Å². The summed E-state index contributed by atoms with van der Waals surface area (Å²) in [6, 6.07) is 14.5. The minimum atomic E-state index is -3.79. The summed E-state index contributed by atoms with van der Waals surface area (Å²) in [4.78, 5) is 12.6. The number of carbonyl (C=O) groups is 1. The average molecular weight is 416 g/mol. The predicted octanol–water partition coefficient (Wildman–Crippen LogP) is 3.75. The van der Waals surface area contributed by atoms with Gasteiger partial charge in [0.25, 0.3) is 0 Å². The number of nitrogens with zero attached hydrogens (tertiary/aromatic N) is 2. The van der Waals surface area contributed by atoms with E-state index in [1.807, 2.05) is 0 Å². The summed E-state index contributed by atoms with van der Waals surface area (Å²) in [5, 5.41) is 7.20. The summed E-state index contributed by atoms with van der Waals surface area (Å²) in [5.41, 5.74) is 0.630. The maximum absolute atomic E-state index is 13.1. The largest absolute Gasteiger partial charge is 0.363 e. The SMILES string of the molecule is O=C(Cn1cc(S(=O)(=O)c2ccc(Cl)cc2)c2ccccc21)Nc1ccon1. The molecule has 0 bridgehead atoms. The molecule has 7 nitrogen and oxygen atoms in total. The van der Waals surface area contributed by atoms with E-state index in [4.69, 9.17) is 11.6 Å². The highest BCUT2D eigenvalue weighted by molar-refractivity contribution is 7.91. The van der Waals surface area contributed by atoms with Crippen molar-refractivity contribution in [3.8, 4) is 0 Å². The van der Waals surface area contributed by atoms with Gasteiger partial charge in [-0.1, -0.05) is 35.0 Å². The molecule has 1 N–H and O–H groups in total. The van der Waals surface area contributed by atoms with E-state index in [0.29, 0.717) is 15.9 Å². The van der Waals surface area contributed by atoms with E-state index >= 15 is 0 Å². The number of carbonyl (C=O) groups excluding carboxylic acids is 1. The van der Waals surface area contributed by atoms with Gasteiger partial charge in [-0.05, 0) is 30.3 Å². The van der Waals surface area contributed by atoms with Crippen LogP contribution in [0.25, 0.3) is 10.9 Å². The number of aromatic nitrogens is 2. The lowest BCUT2D eigenvalue weighted by atomic mass is 10.2. The highest BCUT2D eigenvalue weighted by Crippen LogP contribution is 2.30. The van der Waals surface area contributed by atoms with Crippen LogP contribution in [0.15, 0.2) is 81.4 Å². The van der Waals surface area contributed by atoms with Crippen LogP contribution in [0.2, 0.25) is 5.02 Å². The van der Waals surface area contributed by atoms with Crippen LogP contribution >= 0.6 is 11.6 Å². The van der Waals surface area contributed by atoms with Crippen LogP contribution in [0.4, 0.5) is 5.82 Å². The molecular weight excluding hydrogens is 402 g/mol. The fraction of sp³-hybridized carbons (Fsp3) is 0.0526. The Balaban J connectivity index is 1.74. The Labute approximate surface area is 165 Å². The molecule has 9 heteroatoms. The smallest absolute Gasteiger partial charge is 0.245 e. The highest BCUT2D eigenvalue weighted by Gasteiger charge is 2.24. The molecule has 28 heavy (non-hydrogen) atoms. The topological polar surface area (TPSA) is 94.2 Å². The van der Waals surface area contributed by atoms with Crippen molar-refractivity contribution in [2.24, 2.45) is 0 Å². The van der Waals surface area contributed by atoms with Gasteiger partial charge in [-0.2, -0.15) is 0 Å². The number of sulfone groups is 1. The summed E-state index contributed by atoms with van der Waals surface area (Å²) < 4.78 is 32.5. The molecule has 0 fully saturated rings. The molecule has 0 aliphatic heterocycles. The number of anilines is 1. The van der Waals surface area contributed by atoms with Crippen molar-refractivity contribution in [3.63, 3.8) is 0 Å². The molecule has 1 amide bonds. The minimum Gasteiger partial charge on any atom is -0.363 e. The van der Waals surface area contributed by atoms with Crippen LogP contribution in [-0.4, -0.2) is 24.0 Å². The Morgan fingerprint density at radius 2 is 1.86 bits per heavy atom. The first-order valence-electron chi connectivity index (χ1n) is 8.24. The molecule has 0 aliphatic carbocycles. The maximum Gasteiger partial charge on any atom is 0.245 e. The standard InChI is InChI=1S/C19H14ClN3O4S/c20-13-5-7-14(8-6-13)28(25,26)17-11-23(16-4-2-1-3-15(16)17)12-19(24)21-18-9-10-27-22-18/h1-11H,12H2,(H,21,22,24). The maximum atomic E-state index is 13.1. The van der Waals surface area contributed by atoms with E-state index in [1.54, 1.807) is 28.8 Å². The Kier molecular flexibility index (Phi) is 4.66. The van der Waals surface area contributed by atoms with Crippen molar-refractivity contribution < 1.29 is 17.7 Å². The summed E-state index contributed by atoms with van der Waals surface area (Å²) in [6.45, 7) is -0.0799. The van der Waals surface area contributed by atoms with Crippen molar-refractivity contribution in [1.29, 1.82) is 0 Å². The number of fused-ring (bicyclic) bond motifs is 1. The Morgan fingerprint density at radius 1 is 1.11 bits per heavy atom. The zero-order chi connectivity index (χ0) is 19.7. The molecule has 0 aliphatic rings. The van der Waals surface area contributed by atoms with E-state index in [2.05, 4.69) is 15.0 Å². The monoisotopic (exact) mass is 415 g/mol. The van der Waals surface area contributed by atoms with Crippen molar-refractivity contribution >= 4 is 44.1 Å². The summed E-state index contributed by atoms with van der Waals surface area (Å²) in [7, 11) is -3.79. The lowest BCUT2D eigenvalue weighted by Gasteiger charge is -2.04. The molecule has 142 valence electrons. The summed E-state index contributed by atoms with van der Waals surface area (Å²) in [5.74, 6) is -0.0689. The molecule has 2 heterocycles. The van der Waals surface area contributed by atoms with Crippen LogP contribution < -0.4 is 5.32 Å². The molecule has 0 saturated heterocycles. The van der Waals surface area contributed by atoms with Gasteiger partial charge in [0.1, 0.15) is 12.8 Å². The lowest BCUT2D eigenvalue weighted by molar-refractivity contribution is -0.116. The quantitative estimate of drug-likeness (QED) is 0.535. The van der Waals surface area contributed by atoms with Crippen LogP contribution in [0.5, 0.6) is 0 Å². The first kappa shape index (κ1) is 18.3.